The Labute approximate surface area is 44.5 Å². The van der Waals surface area contributed by atoms with E-state index in [0.717, 1.165) is 12.8 Å². The lowest BCUT2D eigenvalue weighted by molar-refractivity contribution is 0.284. The largest absolute Gasteiger partial charge is 0.412 e. The van der Waals surface area contributed by atoms with Crippen molar-refractivity contribution in [2.24, 2.45) is 0 Å². The first-order valence-corrected chi connectivity index (χ1v) is 2.52. The SMILES string of the molecule is CCCCCO.O. The summed E-state index contributed by atoms with van der Waals surface area (Å²) in [4.78, 5) is 0. The number of hydrogen-bond donors (Lipinski definition) is 1. The smallest absolute Gasteiger partial charge is 0.0431 e. The monoisotopic (exact) mass is 106 g/mol. The number of rotatable bonds is 3. The van der Waals surface area contributed by atoms with Crippen LogP contribution in [0.1, 0.15) is 26.2 Å². The van der Waals surface area contributed by atoms with E-state index in [9.17, 15) is 0 Å². The molecular weight excluding hydrogens is 92.1 g/mol. The summed E-state index contributed by atoms with van der Waals surface area (Å²) in [6.07, 6.45) is 3.33. The molecule has 0 spiro atoms. The molecule has 0 aliphatic carbocycles. The van der Waals surface area contributed by atoms with Crippen molar-refractivity contribution in [2.45, 2.75) is 26.2 Å². The van der Waals surface area contributed by atoms with Gasteiger partial charge in [-0.1, -0.05) is 19.8 Å². The van der Waals surface area contributed by atoms with E-state index >= 15 is 0 Å². The minimum Gasteiger partial charge on any atom is -0.412 e. The first-order valence-electron chi connectivity index (χ1n) is 2.52. The van der Waals surface area contributed by atoms with E-state index in [4.69, 9.17) is 5.11 Å². The van der Waals surface area contributed by atoms with Gasteiger partial charge in [0.05, 0.1) is 0 Å². The van der Waals surface area contributed by atoms with Crippen LogP contribution in [0.3, 0.4) is 0 Å². The molecule has 0 aliphatic heterocycles. The van der Waals surface area contributed by atoms with Crippen LogP contribution in [0.5, 0.6) is 0 Å². The lowest BCUT2D eigenvalue weighted by Gasteiger charge is -1.85. The Hall–Kier alpha value is -0.0800. The van der Waals surface area contributed by atoms with Crippen molar-refractivity contribution in [1.29, 1.82) is 0 Å². The van der Waals surface area contributed by atoms with Crippen LogP contribution < -0.4 is 0 Å². The summed E-state index contributed by atoms with van der Waals surface area (Å²) in [6, 6.07) is 0. The Morgan fingerprint density at radius 1 is 1.29 bits per heavy atom. The molecule has 2 heteroatoms. The summed E-state index contributed by atoms with van der Waals surface area (Å²) in [7, 11) is 0. The highest BCUT2D eigenvalue weighted by Crippen LogP contribution is 1.89. The van der Waals surface area contributed by atoms with E-state index in [2.05, 4.69) is 6.92 Å². The Kier molecular flexibility index (Phi) is 13.3. The predicted octanol–water partition coefficient (Wildman–Crippen LogP) is 0.344. The van der Waals surface area contributed by atoms with Gasteiger partial charge in [0.15, 0.2) is 0 Å². The van der Waals surface area contributed by atoms with Gasteiger partial charge >= 0.3 is 0 Å². The molecule has 0 saturated heterocycles. The average Bonchev–Trinajstić information content (AvgIpc) is 1.61. The molecule has 0 aliphatic rings. The van der Waals surface area contributed by atoms with Gasteiger partial charge < -0.3 is 10.6 Å². The summed E-state index contributed by atoms with van der Waals surface area (Å²) in [6.45, 7) is 2.48. The average molecular weight is 106 g/mol. The summed E-state index contributed by atoms with van der Waals surface area (Å²) >= 11 is 0. The summed E-state index contributed by atoms with van der Waals surface area (Å²) in [5, 5.41) is 8.20. The third-order valence-corrected chi connectivity index (χ3v) is 0.762. The lowest BCUT2D eigenvalue weighted by Crippen LogP contribution is -1.78. The third-order valence-electron chi connectivity index (χ3n) is 0.762. The second kappa shape index (κ2) is 9.33. The maximum atomic E-state index is 8.20. The second-order valence-corrected chi connectivity index (χ2v) is 1.43. The number of aliphatic hydroxyl groups is 1. The van der Waals surface area contributed by atoms with Gasteiger partial charge in [-0.05, 0) is 6.42 Å². The molecule has 0 aromatic heterocycles. The van der Waals surface area contributed by atoms with Gasteiger partial charge in [-0.3, -0.25) is 0 Å². The molecule has 0 fully saturated rings. The fourth-order valence-electron chi connectivity index (χ4n) is 0.362. The van der Waals surface area contributed by atoms with Crippen LogP contribution >= 0.6 is 0 Å². The van der Waals surface area contributed by atoms with E-state index in [0.29, 0.717) is 6.61 Å². The maximum absolute atomic E-state index is 8.20. The van der Waals surface area contributed by atoms with Gasteiger partial charge in [0.25, 0.3) is 0 Å². The topological polar surface area (TPSA) is 51.7 Å². The fourth-order valence-corrected chi connectivity index (χ4v) is 0.362. The molecule has 46 valence electrons. The van der Waals surface area contributed by atoms with Gasteiger partial charge in [-0.15, -0.1) is 0 Å². The molecule has 0 rings (SSSR count). The highest BCUT2D eigenvalue weighted by atomic mass is 16.2. The fraction of sp³-hybridized carbons (Fsp3) is 1.00. The standard InChI is InChI=1S/C5H12O.H2O/c1-2-3-4-5-6;/h6H,2-5H2,1H3;1H2. The highest BCUT2D eigenvalue weighted by Gasteiger charge is 1.76. The van der Waals surface area contributed by atoms with Crippen molar-refractivity contribution in [2.75, 3.05) is 6.61 Å². The van der Waals surface area contributed by atoms with Crippen molar-refractivity contribution >= 4 is 0 Å². The molecule has 0 aromatic carbocycles. The normalized spacial score (nSPS) is 7.71. The molecule has 2 nitrogen and oxygen atoms in total. The molecule has 3 N–H and O–H groups in total. The van der Waals surface area contributed by atoms with Crippen molar-refractivity contribution in [3.8, 4) is 0 Å². The number of hydrogen-bond acceptors (Lipinski definition) is 1. The van der Waals surface area contributed by atoms with Crippen molar-refractivity contribution in [3.05, 3.63) is 0 Å². The lowest BCUT2D eigenvalue weighted by atomic mass is 10.3. The minimum atomic E-state index is 0. The minimum absolute atomic E-state index is 0. The molecule has 0 atom stereocenters. The zero-order valence-electron chi connectivity index (χ0n) is 4.78. The van der Waals surface area contributed by atoms with E-state index in [-0.39, 0.29) is 5.48 Å². The Morgan fingerprint density at radius 2 is 1.86 bits per heavy atom. The number of unbranched alkanes of at least 4 members (excludes halogenated alkanes) is 2. The molecule has 0 amide bonds. The number of aliphatic hydroxyl groups excluding tert-OH is 1. The molecule has 0 saturated carbocycles. The van der Waals surface area contributed by atoms with Gasteiger partial charge in [-0.2, -0.15) is 0 Å². The molecule has 0 aromatic rings. The van der Waals surface area contributed by atoms with Crippen LogP contribution in [0.4, 0.5) is 0 Å². The Morgan fingerprint density at radius 3 is 2.00 bits per heavy atom. The third kappa shape index (κ3) is 10.7. The van der Waals surface area contributed by atoms with Crippen LogP contribution in [-0.4, -0.2) is 17.2 Å². The van der Waals surface area contributed by atoms with Crippen LogP contribution in [0.2, 0.25) is 0 Å². The van der Waals surface area contributed by atoms with Gasteiger partial charge in [-0.25, -0.2) is 0 Å². The highest BCUT2D eigenvalue weighted by molar-refractivity contribution is 4.30. The van der Waals surface area contributed by atoms with Gasteiger partial charge in [0.2, 0.25) is 0 Å². The molecule has 0 bridgehead atoms. The maximum Gasteiger partial charge on any atom is 0.0431 e. The molecule has 0 heterocycles. The van der Waals surface area contributed by atoms with Crippen LogP contribution in [0, 0.1) is 0 Å². The predicted molar refractivity (Wildman–Crippen MR) is 30.2 cm³/mol. The van der Waals surface area contributed by atoms with Gasteiger partial charge in [0.1, 0.15) is 0 Å². The second-order valence-electron chi connectivity index (χ2n) is 1.43. The molecule has 7 heavy (non-hydrogen) atoms. The molecule has 0 unspecified atom stereocenters. The van der Waals surface area contributed by atoms with E-state index in [1.54, 1.807) is 0 Å². The van der Waals surface area contributed by atoms with Crippen molar-refractivity contribution < 1.29 is 10.6 Å². The zero-order chi connectivity index (χ0) is 4.83. The summed E-state index contributed by atoms with van der Waals surface area (Å²) in [5.41, 5.74) is 0. The Balaban J connectivity index is 0. The van der Waals surface area contributed by atoms with Crippen molar-refractivity contribution in [3.63, 3.8) is 0 Å². The quantitative estimate of drug-likeness (QED) is 0.518. The Bertz CT molecular complexity index is 18.0. The van der Waals surface area contributed by atoms with Crippen LogP contribution in [-0.2, 0) is 0 Å². The van der Waals surface area contributed by atoms with E-state index < -0.39 is 0 Å². The zero-order valence-corrected chi connectivity index (χ0v) is 4.78. The van der Waals surface area contributed by atoms with E-state index in [1.165, 1.54) is 6.42 Å². The summed E-state index contributed by atoms with van der Waals surface area (Å²) < 4.78 is 0. The van der Waals surface area contributed by atoms with Crippen molar-refractivity contribution in [1.82, 2.24) is 0 Å². The molecule has 0 radical (unpaired) electrons. The van der Waals surface area contributed by atoms with Crippen LogP contribution in [0.25, 0.3) is 0 Å². The first kappa shape index (κ1) is 10.0. The first-order chi connectivity index (χ1) is 2.91. The summed E-state index contributed by atoms with van der Waals surface area (Å²) in [5.74, 6) is 0. The van der Waals surface area contributed by atoms with Crippen LogP contribution in [0.15, 0.2) is 0 Å². The van der Waals surface area contributed by atoms with Gasteiger partial charge in [0, 0.05) is 6.61 Å². The van der Waals surface area contributed by atoms with E-state index in [1.807, 2.05) is 0 Å². The molecular formula is C5H14O2.